The second-order valence-electron chi connectivity index (χ2n) is 12.2. The van der Waals surface area contributed by atoms with Gasteiger partial charge in [0, 0.05) is 22.1 Å². The lowest BCUT2D eigenvalue weighted by atomic mass is 9.84. The Bertz CT molecular complexity index is 2430. The van der Waals surface area contributed by atoms with Crippen molar-refractivity contribution in [3.8, 4) is 11.1 Å². The number of anilines is 3. The van der Waals surface area contributed by atoms with Crippen LogP contribution in [0.15, 0.2) is 152 Å². The van der Waals surface area contributed by atoms with E-state index in [0.29, 0.717) is 0 Å². The van der Waals surface area contributed by atoms with Crippen molar-refractivity contribution in [3.05, 3.63) is 163 Å². The highest BCUT2D eigenvalue weighted by Crippen LogP contribution is 2.50. The fourth-order valence-corrected chi connectivity index (χ4v) is 7.65. The highest BCUT2D eigenvalue weighted by atomic mass is 15.1. The lowest BCUT2D eigenvalue weighted by molar-refractivity contribution is 1.31. The van der Waals surface area contributed by atoms with Crippen LogP contribution in [0.5, 0.6) is 0 Å². The largest absolute Gasteiger partial charge is 0.309 e. The van der Waals surface area contributed by atoms with Crippen LogP contribution < -0.4 is 4.90 Å². The van der Waals surface area contributed by atoms with E-state index in [9.17, 15) is 0 Å². The van der Waals surface area contributed by atoms with Crippen molar-refractivity contribution >= 4 is 70.9 Å². The fourth-order valence-electron chi connectivity index (χ4n) is 7.65. The Hall–Kier alpha value is -5.66. The number of benzene rings is 9. The molecule has 0 fully saturated rings. The molecule has 0 aromatic heterocycles. The zero-order valence-electron chi connectivity index (χ0n) is 25.4. The molecule has 0 N–H and O–H groups in total. The molecule has 0 atom stereocenters. The summed E-state index contributed by atoms with van der Waals surface area (Å²) < 4.78 is 0. The Morgan fingerprint density at radius 2 is 0.889 bits per heavy atom. The molecule has 0 radical (unpaired) electrons. The van der Waals surface area contributed by atoms with Crippen LogP contribution in [0.2, 0.25) is 0 Å². The first-order valence-electron chi connectivity index (χ1n) is 15.7. The molecule has 0 aliphatic heterocycles. The topological polar surface area (TPSA) is 3.24 Å². The molecule has 9 aromatic rings. The number of hydrogen-bond donors (Lipinski definition) is 0. The number of nitrogens with zero attached hydrogens (tertiary/aromatic N) is 1. The van der Waals surface area contributed by atoms with Gasteiger partial charge in [-0.3, -0.25) is 0 Å². The van der Waals surface area contributed by atoms with E-state index in [0.717, 1.165) is 11.4 Å². The molecule has 9 rings (SSSR count). The minimum atomic E-state index is 1.14. The molecule has 0 saturated heterocycles. The average Bonchev–Trinajstić information content (AvgIpc) is 3.08. The van der Waals surface area contributed by atoms with Crippen LogP contribution in [0.1, 0.15) is 11.1 Å². The van der Waals surface area contributed by atoms with E-state index in [2.05, 4.69) is 170 Å². The summed E-state index contributed by atoms with van der Waals surface area (Å²) in [6.45, 7) is 4.46. The maximum atomic E-state index is 2.42. The summed E-state index contributed by atoms with van der Waals surface area (Å²) in [5.74, 6) is 0. The van der Waals surface area contributed by atoms with Crippen LogP contribution in [0.4, 0.5) is 17.1 Å². The third-order valence-corrected chi connectivity index (χ3v) is 9.49. The van der Waals surface area contributed by atoms with Gasteiger partial charge in [0.05, 0.1) is 5.69 Å². The summed E-state index contributed by atoms with van der Waals surface area (Å²) >= 11 is 0. The van der Waals surface area contributed by atoms with Crippen molar-refractivity contribution in [1.82, 2.24) is 0 Å². The third-order valence-electron chi connectivity index (χ3n) is 9.49. The van der Waals surface area contributed by atoms with Crippen molar-refractivity contribution in [2.75, 3.05) is 4.90 Å². The molecule has 0 aliphatic carbocycles. The molecule has 9 aromatic carbocycles. The van der Waals surface area contributed by atoms with Gasteiger partial charge in [0.15, 0.2) is 0 Å². The van der Waals surface area contributed by atoms with Crippen molar-refractivity contribution in [2.24, 2.45) is 0 Å². The maximum Gasteiger partial charge on any atom is 0.0618 e. The van der Waals surface area contributed by atoms with Crippen LogP contribution in [-0.4, -0.2) is 0 Å². The van der Waals surface area contributed by atoms with Gasteiger partial charge in [0.25, 0.3) is 0 Å². The Kier molecular flexibility index (Phi) is 5.70. The summed E-state index contributed by atoms with van der Waals surface area (Å²) in [7, 11) is 0. The first kappa shape index (κ1) is 25.8. The molecule has 0 aliphatic rings. The Morgan fingerprint density at radius 3 is 1.44 bits per heavy atom. The predicted molar refractivity (Wildman–Crippen MR) is 195 cm³/mol. The highest BCUT2D eigenvalue weighted by molar-refractivity contribution is 6.30. The SMILES string of the molecule is Cc1cc2ccc3c(C)cc(-c4c5ccccc5c(N(c5ccccc5)c5ccccc5)c5ccccc45)c4ccc(c1)c2c34. The van der Waals surface area contributed by atoms with Gasteiger partial charge >= 0.3 is 0 Å². The van der Waals surface area contributed by atoms with Crippen molar-refractivity contribution < 1.29 is 0 Å². The number of hydrogen-bond acceptors (Lipinski definition) is 1. The summed E-state index contributed by atoms with van der Waals surface area (Å²) in [6.07, 6.45) is 0. The molecule has 0 saturated carbocycles. The van der Waals surface area contributed by atoms with Gasteiger partial charge in [-0.2, -0.15) is 0 Å². The second-order valence-corrected chi connectivity index (χ2v) is 12.2. The third kappa shape index (κ3) is 3.87. The summed E-state index contributed by atoms with van der Waals surface area (Å²) in [5, 5.41) is 13.0. The molecule has 0 unspecified atom stereocenters. The standard InChI is InChI=1S/C44H31N/c1-28-25-30-21-23-34-29(2)27-40(37-24-22-31(26-28)41(30)43(34)37)42-35-17-9-11-19-38(35)44(39-20-12-10-18-36(39)42)45(32-13-5-3-6-14-32)33-15-7-4-8-16-33/h3-27H,1-2H3. The number of para-hydroxylation sites is 2. The molecular formula is C44H31N. The van der Waals surface area contributed by atoms with Gasteiger partial charge in [-0.1, -0.05) is 127 Å². The van der Waals surface area contributed by atoms with Gasteiger partial charge < -0.3 is 4.90 Å². The Labute approximate surface area is 262 Å². The average molecular weight is 574 g/mol. The van der Waals surface area contributed by atoms with Crippen molar-refractivity contribution in [3.63, 3.8) is 0 Å². The monoisotopic (exact) mass is 573 g/mol. The van der Waals surface area contributed by atoms with E-state index in [1.54, 1.807) is 0 Å². The quantitative estimate of drug-likeness (QED) is 0.149. The van der Waals surface area contributed by atoms with Crippen LogP contribution in [0.3, 0.4) is 0 Å². The van der Waals surface area contributed by atoms with E-state index in [1.165, 1.54) is 81.8 Å². The fraction of sp³-hybridized carbons (Fsp3) is 0.0455. The number of rotatable bonds is 4. The molecule has 1 nitrogen and oxygen atoms in total. The summed E-state index contributed by atoms with van der Waals surface area (Å²) in [5.41, 5.74) is 8.67. The van der Waals surface area contributed by atoms with E-state index in [-0.39, 0.29) is 0 Å². The molecule has 45 heavy (non-hydrogen) atoms. The Morgan fingerprint density at radius 1 is 0.400 bits per heavy atom. The molecule has 0 amide bonds. The summed E-state index contributed by atoms with van der Waals surface area (Å²) in [4.78, 5) is 2.42. The lowest BCUT2D eigenvalue weighted by Gasteiger charge is -2.29. The van der Waals surface area contributed by atoms with Crippen LogP contribution in [0, 0.1) is 13.8 Å². The zero-order valence-corrected chi connectivity index (χ0v) is 25.4. The van der Waals surface area contributed by atoms with E-state index >= 15 is 0 Å². The van der Waals surface area contributed by atoms with E-state index in [1.807, 2.05) is 0 Å². The molecular weight excluding hydrogens is 542 g/mol. The first-order valence-corrected chi connectivity index (χ1v) is 15.7. The number of fused-ring (bicyclic) bond motifs is 2. The molecule has 0 bridgehead atoms. The van der Waals surface area contributed by atoms with Gasteiger partial charge in [-0.25, -0.2) is 0 Å². The van der Waals surface area contributed by atoms with Gasteiger partial charge in [0.2, 0.25) is 0 Å². The van der Waals surface area contributed by atoms with Gasteiger partial charge in [-0.15, -0.1) is 0 Å². The van der Waals surface area contributed by atoms with Crippen molar-refractivity contribution in [1.29, 1.82) is 0 Å². The normalized spacial score (nSPS) is 11.8. The van der Waals surface area contributed by atoms with E-state index in [4.69, 9.17) is 0 Å². The van der Waals surface area contributed by atoms with E-state index < -0.39 is 0 Å². The van der Waals surface area contributed by atoms with Gasteiger partial charge in [0.1, 0.15) is 0 Å². The molecule has 0 spiro atoms. The highest BCUT2D eigenvalue weighted by Gasteiger charge is 2.23. The van der Waals surface area contributed by atoms with Crippen LogP contribution in [0.25, 0.3) is 65.0 Å². The number of aryl methyl sites for hydroxylation is 2. The molecule has 212 valence electrons. The summed E-state index contributed by atoms with van der Waals surface area (Å²) in [6, 6.07) is 55.8. The smallest absolute Gasteiger partial charge is 0.0618 e. The predicted octanol–water partition coefficient (Wildman–Crippen LogP) is 12.6. The van der Waals surface area contributed by atoms with Crippen LogP contribution in [-0.2, 0) is 0 Å². The molecule has 0 heterocycles. The zero-order chi connectivity index (χ0) is 30.1. The second kappa shape index (κ2) is 9.94. The van der Waals surface area contributed by atoms with Gasteiger partial charge in [-0.05, 0) is 103 Å². The lowest BCUT2D eigenvalue weighted by Crippen LogP contribution is -2.11. The van der Waals surface area contributed by atoms with Crippen molar-refractivity contribution in [2.45, 2.75) is 13.8 Å². The maximum absolute atomic E-state index is 2.42. The minimum absolute atomic E-state index is 1.14. The Balaban J connectivity index is 1.45. The minimum Gasteiger partial charge on any atom is -0.309 e. The van der Waals surface area contributed by atoms with Crippen LogP contribution >= 0.6 is 0 Å². The first-order chi connectivity index (χ1) is 22.2. The molecule has 1 heteroatoms.